The third-order valence-corrected chi connectivity index (χ3v) is 5.83. The van der Waals surface area contributed by atoms with Gasteiger partial charge in [-0.25, -0.2) is 19.9 Å². The van der Waals surface area contributed by atoms with Crippen molar-refractivity contribution >= 4 is 11.3 Å². The fraction of sp³-hybridized carbons (Fsp3) is 0.517. The standard InChI is InChI=1S/C7H10N2.C6H9NO.C6H9NS.2C5H8N2O/c1-6(2)7-8-4-3-5-9-7;2*1-5(2)6-7-3-4-8-6;1-4(2)5-7-6-3-8-5;1-4(2)5-6-3-8-7-5/h3-6H,1-2H3;2*3-5H,1-2H3;2*3-4H,1-2H3. The van der Waals surface area contributed by atoms with Crippen molar-refractivity contribution in [1.29, 1.82) is 0 Å². The average Bonchev–Trinajstić information content (AvgIpc) is 3.78. The molecule has 0 N–H and O–H groups in total. The van der Waals surface area contributed by atoms with Crippen molar-refractivity contribution in [3.8, 4) is 0 Å². The molecule has 0 amide bonds. The van der Waals surface area contributed by atoms with Crippen molar-refractivity contribution in [3.05, 3.63) is 83.7 Å². The van der Waals surface area contributed by atoms with Gasteiger partial charge < -0.3 is 13.4 Å². The summed E-state index contributed by atoms with van der Waals surface area (Å²) in [6.07, 6.45) is 11.3. The molecule has 11 nitrogen and oxygen atoms in total. The first-order valence-electron chi connectivity index (χ1n) is 13.6. The van der Waals surface area contributed by atoms with Crippen molar-refractivity contribution < 1.29 is 13.4 Å². The zero-order chi connectivity index (χ0) is 30.6. The molecule has 5 aromatic heterocycles. The van der Waals surface area contributed by atoms with Gasteiger partial charge in [-0.2, -0.15) is 4.98 Å². The SMILES string of the molecule is CC(C)c1ncccn1.CC(C)c1ncco1.CC(C)c1nccs1.CC(C)c1ncon1.CC(C)c1nnco1. The molecule has 224 valence electrons. The van der Waals surface area contributed by atoms with Crippen LogP contribution >= 0.6 is 11.3 Å². The quantitative estimate of drug-likeness (QED) is 0.198. The Labute approximate surface area is 247 Å². The van der Waals surface area contributed by atoms with Crippen LogP contribution in [0.2, 0.25) is 0 Å². The van der Waals surface area contributed by atoms with Crippen LogP contribution in [0.15, 0.2) is 68.6 Å². The zero-order valence-corrected chi connectivity index (χ0v) is 26.6. The van der Waals surface area contributed by atoms with E-state index in [2.05, 4.69) is 72.5 Å². The van der Waals surface area contributed by atoms with Crippen LogP contribution in [0.5, 0.6) is 0 Å². The molecule has 41 heavy (non-hydrogen) atoms. The molecule has 0 aliphatic carbocycles. The van der Waals surface area contributed by atoms with Gasteiger partial charge in [0.1, 0.15) is 12.1 Å². The molecular weight excluding hydrogens is 540 g/mol. The molecule has 0 radical (unpaired) electrons. The van der Waals surface area contributed by atoms with Crippen LogP contribution in [0, 0.1) is 0 Å². The highest BCUT2D eigenvalue weighted by atomic mass is 32.1. The highest BCUT2D eigenvalue weighted by Crippen LogP contribution is 2.15. The highest BCUT2D eigenvalue weighted by Gasteiger charge is 2.02. The maximum Gasteiger partial charge on any atom is 0.218 e. The number of thiazole rings is 1. The normalized spacial score (nSPS) is 10.3. The molecule has 0 fully saturated rings. The lowest BCUT2D eigenvalue weighted by atomic mass is 10.2. The summed E-state index contributed by atoms with van der Waals surface area (Å²) in [7, 11) is 0. The second kappa shape index (κ2) is 20.1. The molecule has 0 aromatic carbocycles. The van der Waals surface area contributed by atoms with Gasteiger partial charge in [0.15, 0.2) is 11.7 Å². The molecule has 12 heteroatoms. The topological polar surface area (TPSA) is 143 Å². The highest BCUT2D eigenvalue weighted by molar-refractivity contribution is 7.09. The fourth-order valence-electron chi connectivity index (χ4n) is 2.51. The maximum absolute atomic E-state index is 4.98. The molecule has 0 aliphatic rings. The summed E-state index contributed by atoms with van der Waals surface area (Å²) in [6, 6.07) is 1.83. The molecule has 5 rings (SSSR count). The van der Waals surface area contributed by atoms with E-state index in [0.717, 1.165) is 17.5 Å². The lowest BCUT2D eigenvalue weighted by molar-refractivity contribution is 0.407. The van der Waals surface area contributed by atoms with E-state index in [1.54, 1.807) is 36.2 Å². The van der Waals surface area contributed by atoms with Crippen LogP contribution in [-0.2, 0) is 0 Å². The van der Waals surface area contributed by atoms with Crippen LogP contribution in [0.3, 0.4) is 0 Å². The van der Waals surface area contributed by atoms with E-state index in [-0.39, 0.29) is 0 Å². The van der Waals surface area contributed by atoms with Gasteiger partial charge in [0.25, 0.3) is 0 Å². The molecule has 0 aliphatic heterocycles. The Morgan fingerprint density at radius 1 is 0.585 bits per heavy atom. The lowest BCUT2D eigenvalue weighted by Gasteiger charge is -1.98. The molecule has 0 bridgehead atoms. The first-order valence-corrected chi connectivity index (χ1v) is 14.5. The second-order valence-corrected chi connectivity index (χ2v) is 11.1. The van der Waals surface area contributed by atoms with Crippen molar-refractivity contribution in [2.45, 2.75) is 98.8 Å². The smallest absolute Gasteiger partial charge is 0.218 e. The van der Waals surface area contributed by atoms with Crippen molar-refractivity contribution in [3.63, 3.8) is 0 Å². The van der Waals surface area contributed by atoms with Crippen molar-refractivity contribution in [1.82, 2.24) is 40.3 Å². The second-order valence-electron chi connectivity index (χ2n) is 10.2. The minimum absolute atomic E-state index is 0.345. The van der Waals surface area contributed by atoms with Gasteiger partial charge in [0.2, 0.25) is 18.7 Å². The van der Waals surface area contributed by atoms with Crippen LogP contribution in [0.1, 0.15) is 127 Å². The average molecular weight is 585 g/mol. The predicted octanol–water partition coefficient (Wildman–Crippen LogP) is 8.05. The number of oxazole rings is 1. The van der Waals surface area contributed by atoms with E-state index in [1.165, 1.54) is 17.8 Å². The molecule has 0 atom stereocenters. The summed E-state index contributed by atoms with van der Waals surface area (Å²) in [5.41, 5.74) is 0. The monoisotopic (exact) mass is 584 g/mol. The van der Waals surface area contributed by atoms with E-state index in [4.69, 9.17) is 8.83 Å². The van der Waals surface area contributed by atoms with E-state index in [9.17, 15) is 0 Å². The minimum Gasteiger partial charge on any atom is -0.449 e. The lowest BCUT2D eigenvalue weighted by Crippen LogP contribution is -1.93. The van der Waals surface area contributed by atoms with Crippen LogP contribution in [0.4, 0.5) is 0 Å². The Kier molecular flexibility index (Phi) is 17.3. The Morgan fingerprint density at radius 3 is 1.51 bits per heavy atom. The molecule has 0 spiro atoms. The molecule has 0 saturated carbocycles. The summed E-state index contributed by atoms with van der Waals surface area (Å²) in [4.78, 5) is 20.1. The van der Waals surface area contributed by atoms with Crippen LogP contribution in [0.25, 0.3) is 0 Å². The first-order chi connectivity index (χ1) is 19.5. The van der Waals surface area contributed by atoms with Gasteiger partial charge in [-0.15, -0.1) is 21.5 Å². The maximum atomic E-state index is 4.98. The summed E-state index contributed by atoms with van der Waals surface area (Å²) in [5.74, 6) is 5.34. The Bertz CT molecular complexity index is 1060. The number of hydrogen-bond acceptors (Lipinski definition) is 12. The Hall–Kier alpha value is -3.80. The van der Waals surface area contributed by atoms with Gasteiger partial charge >= 0.3 is 0 Å². The minimum atomic E-state index is 0.345. The zero-order valence-electron chi connectivity index (χ0n) is 25.8. The molecule has 0 unspecified atom stereocenters. The number of hydrogen-bond donors (Lipinski definition) is 0. The number of aromatic nitrogens is 8. The summed E-state index contributed by atoms with van der Waals surface area (Å²) in [6.45, 7) is 20.6. The molecule has 5 aromatic rings. The van der Waals surface area contributed by atoms with E-state index in [0.29, 0.717) is 35.5 Å². The fourth-order valence-corrected chi connectivity index (χ4v) is 3.17. The summed E-state index contributed by atoms with van der Waals surface area (Å²) >= 11 is 1.72. The predicted molar refractivity (Wildman–Crippen MR) is 160 cm³/mol. The Morgan fingerprint density at radius 2 is 1.24 bits per heavy atom. The third kappa shape index (κ3) is 15.5. The van der Waals surface area contributed by atoms with Crippen molar-refractivity contribution in [2.24, 2.45) is 0 Å². The van der Waals surface area contributed by atoms with Gasteiger partial charge in [-0.05, 0) is 6.07 Å². The van der Waals surface area contributed by atoms with Gasteiger partial charge in [0, 0.05) is 53.6 Å². The molecule has 5 heterocycles. The van der Waals surface area contributed by atoms with Crippen molar-refractivity contribution in [2.75, 3.05) is 0 Å². The third-order valence-electron chi connectivity index (χ3n) is 4.76. The first kappa shape index (κ1) is 35.2. The largest absolute Gasteiger partial charge is 0.449 e. The summed E-state index contributed by atoms with van der Waals surface area (Å²) < 4.78 is 14.4. The Balaban J connectivity index is 0.000000256. The van der Waals surface area contributed by atoms with E-state index >= 15 is 0 Å². The van der Waals surface area contributed by atoms with Crippen LogP contribution in [-0.4, -0.2) is 40.3 Å². The van der Waals surface area contributed by atoms with E-state index in [1.807, 2.05) is 59.2 Å². The number of rotatable bonds is 5. The van der Waals surface area contributed by atoms with Crippen LogP contribution < -0.4 is 0 Å². The number of nitrogens with zero attached hydrogens (tertiary/aromatic N) is 8. The van der Waals surface area contributed by atoms with Gasteiger partial charge in [-0.1, -0.05) is 74.4 Å². The summed E-state index contributed by atoms with van der Waals surface area (Å²) in [5, 5.41) is 14.1. The van der Waals surface area contributed by atoms with Gasteiger partial charge in [0.05, 0.1) is 11.2 Å². The van der Waals surface area contributed by atoms with E-state index < -0.39 is 0 Å². The van der Waals surface area contributed by atoms with Gasteiger partial charge in [-0.3, -0.25) is 0 Å². The molecular formula is C29H44N8O3S. The molecule has 0 saturated heterocycles.